The van der Waals surface area contributed by atoms with Crippen LogP contribution in [-0.4, -0.2) is 37.2 Å². The number of nitrogens with zero attached hydrogens (tertiary/aromatic N) is 3. The first-order chi connectivity index (χ1) is 11.7. The number of aromatic nitrogens is 2. The quantitative estimate of drug-likeness (QED) is 0.686. The van der Waals surface area contributed by atoms with Crippen molar-refractivity contribution in [2.75, 3.05) is 32.1 Å². The van der Waals surface area contributed by atoms with Crippen molar-refractivity contribution in [3.63, 3.8) is 0 Å². The molecule has 1 N–H and O–H groups in total. The van der Waals surface area contributed by atoms with E-state index in [9.17, 15) is 0 Å². The molecule has 1 aliphatic heterocycles. The summed E-state index contributed by atoms with van der Waals surface area (Å²) in [5, 5.41) is 1.00. The number of nitrogens with one attached hydrogen (secondary N) is 1. The van der Waals surface area contributed by atoms with Crippen LogP contribution in [0.2, 0.25) is 0 Å². The third-order valence-electron chi connectivity index (χ3n) is 4.20. The van der Waals surface area contributed by atoms with Crippen LogP contribution in [0.15, 0.2) is 58.5 Å². The van der Waals surface area contributed by atoms with Crippen LogP contribution in [-0.2, 0) is 0 Å². The van der Waals surface area contributed by atoms with E-state index in [1.54, 1.807) is 11.8 Å². The fourth-order valence-corrected chi connectivity index (χ4v) is 4.05. The highest BCUT2D eigenvalue weighted by Crippen LogP contribution is 2.46. The van der Waals surface area contributed by atoms with E-state index in [2.05, 4.69) is 43.3 Å². The number of hydrogen-bond acceptors (Lipinski definition) is 4. The molecule has 0 bridgehead atoms. The van der Waals surface area contributed by atoms with Crippen LogP contribution >= 0.6 is 11.8 Å². The lowest BCUT2D eigenvalue weighted by Crippen LogP contribution is -3.05. The van der Waals surface area contributed by atoms with Gasteiger partial charge in [0.25, 0.3) is 0 Å². The summed E-state index contributed by atoms with van der Waals surface area (Å²) < 4.78 is 0. The van der Waals surface area contributed by atoms with Crippen molar-refractivity contribution >= 4 is 34.3 Å². The molecule has 0 saturated carbocycles. The molecule has 0 radical (unpaired) electrons. The lowest BCUT2D eigenvalue weighted by molar-refractivity contribution is -0.858. The van der Waals surface area contributed by atoms with Gasteiger partial charge in [0.1, 0.15) is 5.03 Å². The first kappa shape index (κ1) is 18.0. The van der Waals surface area contributed by atoms with Gasteiger partial charge in [-0.25, -0.2) is 9.97 Å². The summed E-state index contributed by atoms with van der Waals surface area (Å²) in [6.07, 6.45) is 1.12. The molecule has 130 valence electrons. The van der Waals surface area contributed by atoms with E-state index in [0.717, 1.165) is 41.4 Å². The number of para-hydroxylation sites is 3. The predicted molar refractivity (Wildman–Crippen MR) is 99.4 cm³/mol. The fourth-order valence-electron chi connectivity index (χ4n) is 3.02. The van der Waals surface area contributed by atoms with Crippen molar-refractivity contribution < 1.29 is 17.3 Å². The van der Waals surface area contributed by atoms with Crippen molar-refractivity contribution in [1.29, 1.82) is 0 Å². The number of hydrogen-bond donors (Lipinski definition) is 1. The molecule has 1 aromatic heterocycles. The average Bonchev–Trinajstić information content (AvgIpc) is 2.59. The fraction of sp³-hybridized carbons (Fsp3) is 0.263. The SMILES string of the molecule is C[NH+](C)CCCN1c2ccccc2Sc2nc3ccccc3nc21.[Cl-]. The number of fused-ring (bicyclic) bond motifs is 3. The van der Waals surface area contributed by atoms with Crippen LogP contribution in [0.1, 0.15) is 6.42 Å². The van der Waals surface area contributed by atoms with Crippen molar-refractivity contribution in [3.05, 3.63) is 48.5 Å². The zero-order valence-electron chi connectivity index (χ0n) is 14.4. The van der Waals surface area contributed by atoms with Crippen LogP contribution in [0.3, 0.4) is 0 Å². The van der Waals surface area contributed by atoms with Crippen LogP contribution in [0.4, 0.5) is 11.5 Å². The standard InChI is InChI=1S/C19H20N4S.ClH/c1-22(2)12-7-13-23-16-10-5-6-11-17(16)24-19-18(23)20-14-8-3-4-9-15(14)21-19;/h3-6,8-11H,7,12-13H2,1-2H3;1H. The van der Waals surface area contributed by atoms with E-state index < -0.39 is 0 Å². The Kier molecular flexibility index (Phi) is 5.47. The highest BCUT2D eigenvalue weighted by molar-refractivity contribution is 7.99. The summed E-state index contributed by atoms with van der Waals surface area (Å²) in [6, 6.07) is 16.7. The normalized spacial score (nSPS) is 12.7. The maximum Gasteiger partial charge on any atom is 0.166 e. The third-order valence-corrected chi connectivity index (χ3v) is 5.23. The van der Waals surface area contributed by atoms with Crippen LogP contribution in [0, 0.1) is 0 Å². The average molecular weight is 373 g/mol. The smallest absolute Gasteiger partial charge is 0.166 e. The highest BCUT2D eigenvalue weighted by Gasteiger charge is 2.26. The lowest BCUT2D eigenvalue weighted by atomic mass is 10.2. The number of benzene rings is 2. The summed E-state index contributed by atoms with van der Waals surface area (Å²) in [4.78, 5) is 14.9. The molecule has 0 aliphatic carbocycles. The van der Waals surface area contributed by atoms with Gasteiger partial charge in [-0.15, -0.1) is 0 Å². The summed E-state index contributed by atoms with van der Waals surface area (Å²) in [7, 11) is 4.39. The van der Waals surface area contributed by atoms with Crippen molar-refractivity contribution in [1.82, 2.24) is 9.97 Å². The van der Waals surface area contributed by atoms with Gasteiger partial charge in [-0.3, -0.25) is 0 Å². The maximum atomic E-state index is 4.93. The van der Waals surface area contributed by atoms with Crippen LogP contribution in [0.25, 0.3) is 11.0 Å². The molecule has 2 heterocycles. The Morgan fingerprint density at radius 3 is 2.40 bits per heavy atom. The van der Waals surface area contributed by atoms with Gasteiger partial charge < -0.3 is 22.2 Å². The summed E-state index contributed by atoms with van der Waals surface area (Å²) >= 11 is 1.72. The van der Waals surface area contributed by atoms with Gasteiger partial charge in [0.2, 0.25) is 0 Å². The largest absolute Gasteiger partial charge is 1.00 e. The molecule has 4 rings (SSSR count). The second kappa shape index (κ2) is 7.60. The second-order valence-electron chi connectivity index (χ2n) is 6.37. The van der Waals surface area contributed by atoms with E-state index in [1.165, 1.54) is 15.5 Å². The van der Waals surface area contributed by atoms with E-state index in [0.29, 0.717) is 0 Å². The second-order valence-corrected chi connectivity index (χ2v) is 7.40. The van der Waals surface area contributed by atoms with E-state index in [4.69, 9.17) is 9.97 Å². The Labute approximate surface area is 158 Å². The molecule has 1 aliphatic rings. The van der Waals surface area contributed by atoms with Gasteiger partial charge in [0.05, 0.1) is 37.4 Å². The summed E-state index contributed by atoms with van der Waals surface area (Å²) in [5.74, 6) is 0.992. The molecule has 0 spiro atoms. The van der Waals surface area contributed by atoms with Crippen molar-refractivity contribution in [2.24, 2.45) is 0 Å². The predicted octanol–water partition coefficient (Wildman–Crippen LogP) is -0.229. The topological polar surface area (TPSA) is 33.5 Å². The minimum Gasteiger partial charge on any atom is -1.00 e. The molecule has 0 atom stereocenters. The molecule has 4 nitrogen and oxygen atoms in total. The van der Waals surface area contributed by atoms with Gasteiger partial charge in [-0.05, 0) is 24.3 Å². The zero-order chi connectivity index (χ0) is 16.5. The van der Waals surface area contributed by atoms with Crippen molar-refractivity contribution in [2.45, 2.75) is 16.3 Å². The molecule has 0 saturated heterocycles. The highest BCUT2D eigenvalue weighted by atomic mass is 35.5. The molecular formula is C19H21ClN4S. The summed E-state index contributed by atoms with van der Waals surface area (Å²) in [6.45, 7) is 2.10. The minimum absolute atomic E-state index is 0. The first-order valence-corrected chi connectivity index (χ1v) is 9.14. The first-order valence-electron chi connectivity index (χ1n) is 8.32. The number of halogens is 1. The molecule has 0 amide bonds. The Balaban J connectivity index is 0.00000182. The Morgan fingerprint density at radius 2 is 1.64 bits per heavy atom. The monoisotopic (exact) mass is 372 g/mol. The molecule has 2 aromatic carbocycles. The van der Waals surface area contributed by atoms with Gasteiger partial charge in [0, 0.05) is 17.9 Å². The van der Waals surface area contributed by atoms with Crippen LogP contribution < -0.4 is 22.2 Å². The maximum absolute atomic E-state index is 4.93. The van der Waals surface area contributed by atoms with Crippen LogP contribution in [0.5, 0.6) is 0 Å². The van der Waals surface area contributed by atoms with E-state index in [1.807, 2.05) is 24.3 Å². The van der Waals surface area contributed by atoms with E-state index in [-0.39, 0.29) is 12.4 Å². The van der Waals surface area contributed by atoms with Crippen molar-refractivity contribution in [3.8, 4) is 0 Å². The zero-order valence-corrected chi connectivity index (χ0v) is 15.9. The molecule has 0 unspecified atom stereocenters. The number of quaternary nitrogens is 1. The molecule has 25 heavy (non-hydrogen) atoms. The molecule has 0 fully saturated rings. The van der Waals surface area contributed by atoms with Gasteiger partial charge in [-0.2, -0.15) is 0 Å². The number of anilines is 2. The van der Waals surface area contributed by atoms with Gasteiger partial charge >= 0.3 is 0 Å². The van der Waals surface area contributed by atoms with Gasteiger partial charge in [0.15, 0.2) is 5.82 Å². The molecule has 6 heteroatoms. The number of rotatable bonds is 4. The van der Waals surface area contributed by atoms with E-state index >= 15 is 0 Å². The summed E-state index contributed by atoms with van der Waals surface area (Å²) in [5.41, 5.74) is 3.16. The third kappa shape index (κ3) is 3.59. The Hall–Kier alpha value is -1.82. The minimum atomic E-state index is 0. The Bertz CT molecular complexity index is 884. The molecule has 3 aromatic rings. The van der Waals surface area contributed by atoms with Gasteiger partial charge in [-0.1, -0.05) is 36.0 Å². The molecular weight excluding hydrogens is 352 g/mol. The Morgan fingerprint density at radius 1 is 0.960 bits per heavy atom. The lowest BCUT2D eigenvalue weighted by Gasteiger charge is -2.31.